The van der Waals surface area contributed by atoms with E-state index in [4.69, 9.17) is 0 Å². The summed E-state index contributed by atoms with van der Waals surface area (Å²) in [6, 6.07) is 5.42. The number of hydrogen-bond donors (Lipinski definition) is 1. The van der Waals surface area contributed by atoms with Gasteiger partial charge in [-0.05, 0) is 43.9 Å². The largest absolute Gasteiger partial charge is 0.289 e. The molecule has 1 aromatic carbocycles. The van der Waals surface area contributed by atoms with Gasteiger partial charge < -0.3 is 0 Å². The van der Waals surface area contributed by atoms with Crippen LogP contribution in [0.4, 0.5) is 5.69 Å². The molecule has 0 saturated heterocycles. The van der Waals surface area contributed by atoms with Gasteiger partial charge in [-0.15, -0.1) is 0 Å². The summed E-state index contributed by atoms with van der Waals surface area (Å²) in [7, 11) is -3.87. The third-order valence-electron chi connectivity index (χ3n) is 5.69. The van der Waals surface area contributed by atoms with Crippen LogP contribution in [0.1, 0.15) is 96.8 Å². The number of nitrogens with one attached hydrogen (secondary N) is 1. The quantitative estimate of drug-likeness (QED) is 0.0746. The maximum Gasteiger partial charge on any atom is 0.289 e. The lowest BCUT2D eigenvalue weighted by molar-refractivity contribution is -0.387. The van der Waals surface area contributed by atoms with Crippen molar-refractivity contribution in [1.82, 2.24) is 4.72 Å². The first kappa shape index (κ1) is 30.7. The summed E-state index contributed by atoms with van der Waals surface area (Å²) >= 11 is 1.72. The second-order valence-corrected chi connectivity index (χ2v) is 11.6. The zero-order valence-electron chi connectivity index (χ0n) is 20.9. The Hall–Kier alpha value is -1.38. The lowest BCUT2D eigenvalue weighted by Gasteiger charge is -2.07. The van der Waals surface area contributed by atoms with Gasteiger partial charge in [0.2, 0.25) is 10.0 Å². The zero-order chi connectivity index (χ0) is 24.9. The summed E-state index contributed by atoms with van der Waals surface area (Å²) in [6.45, 7) is 2.53. The van der Waals surface area contributed by atoms with Crippen molar-refractivity contribution in [2.75, 3.05) is 18.1 Å². The van der Waals surface area contributed by atoms with Crippen LogP contribution in [0.15, 0.2) is 41.3 Å². The number of allylic oxidation sites excluding steroid dienone is 2. The highest BCUT2D eigenvalue weighted by Crippen LogP contribution is 2.22. The number of hydrogen-bond acceptors (Lipinski definition) is 5. The van der Waals surface area contributed by atoms with Crippen LogP contribution in [0, 0.1) is 10.1 Å². The van der Waals surface area contributed by atoms with Crippen LogP contribution in [-0.2, 0) is 10.0 Å². The van der Waals surface area contributed by atoms with Crippen LogP contribution in [0.3, 0.4) is 0 Å². The predicted molar refractivity (Wildman–Crippen MR) is 145 cm³/mol. The molecule has 0 aliphatic heterocycles. The van der Waals surface area contributed by atoms with Gasteiger partial charge in [0.25, 0.3) is 5.69 Å². The van der Waals surface area contributed by atoms with E-state index in [1.165, 1.54) is 108 Å². The Labute approximate surface area is 211 Å². The summed E-state index contributed by atoms with van der Waals surface area (Å²) < 4.78 is 27.1. The molecule has 0 saturated carbocycles. The standard InChI is InChI=1S/C26H44N2O4S2/c1-2-3-4-5-6-7-8-9-10-11-12-13-14-15-16-19-23-33-24-22-27-34(31,32)26-21-18-17-20-25(26)28(29)30/h9-10,17-18,20-21,27H,2-8,11-16,19,22-24H2,1H3. The van der Waals surface area contributed by atoms with E-state index >= 15 is 0 Å². The van der Waals surface area contributed by atoms with Crippen molar-refractivity contribution in [2.45, 2.75) is 102 Å². The monoisotopic (exact) mass is 512 g/mol. The summed E-state index contributed by atoms with van der Waals surface area (Å²) in [4.78, 5) is 10.1. The highest BCUT2D eigenvalue weighted by Gasteiger charge is 2.24. The Morgan fingerprint density at radius 3 is 2.03 bits per heavy atom. The van der Waals surface area contributed by atoms with Crippen LogP contribution >= 0.6 is 11.8 Å². The van der Waals surface area contributed by atoms with Crippen molar-refractivity contribution in [3.8, 4) is 0 Å². The molecule has 6 nitrogen and oxygen atoms in total. The fourth-order valence-corrected chi connectivity index (χ4v) is 5.90. The smallest absolute Gasteiger partial charge is 0.258 e. The second-order valence-electron chi connectivity index (χ2n) is 8.67. The molecule has 0 atom stereocenters. The van der Waals surface area contributed by atoms with Gasteiger partial charge in [-0.3, -0.25) is 10.1 Å². The number of unbranched alkanes of at least 4 members (excludes halogenated alkanes) is 12. The topological polar surface area (TPSA) is 89.3 Å². The highest BCUT2D eigenvalue weighted by molar-refractivity contribution is 7.99. The summed E-state index contributed by atoms with van der Waals surface area (Å²) in [5.41, 5.74) is -0.396. The molecule has 0 aliphatic carbocycles. The normalized spacial score (nSPS) is 11.9. The first-order chi connectivity index (χ1) is 16.5. The third-order valence-corrected chi connectivity index (χ3v) is 8.27. The summed E-state index contributed by atoms with van der Waals surface area (Å²) in [5, 5.41) is 11.0. The molecule has 0 heterocycles. The van der Waals surface area contributed by atoms with Gasteiger partial charge in [0.1, 0.15) is 0 Å². The van der Waals surface area contributed by atoms with Crippen LogP contribution in [0.25, 0.3) is 0 Å². The van der Waals surface area contributed by atoms with Gasteiger partial charge in [0.15, 0.2) is 4.90 Å². The first-order valence-corrected chi connectivity index (χ1v) is 15.6. The number of nitro groups is 1. The molecule has 1 rings (SSSR count). The number of benzene rings is 1. The molecule has 0 aromatic heterocycles. The van der Waals surface area contributed by atoms with E-state index < -0.39 is 20.6 Å². The minimum absolute atomic E-state index is 0.269. The fraction of sp³-hybridized carbons (Fsp3) is 0.692. The van der Waals surface area contributed by atoms with Crippen molar-refractivity contribution in [3.05, 3.63) is 46.5 Å². The minimum Gasteiger partial charge on any atom is -0.258 e. The summed E-state index contributed by atoms with van der Waals surface area (Å²) in [6.07, 6.45) is 22.8. The predicted octanol–water partition coefficient (Wildman–Crippen LogP) is 7.64. The van der Waals surface area contributed by atoms with Gasteiger partial charge in [0, 0.05) is 18.4 Å². The number of nitrogens with zero attached hydrogens (tertiary/aromatic N) is 1. The molecule has 0 unspecified atom stereocenters. The van der Waals surface area contributed by atoms with E-state index in [0.717, 1.165) is 12.2 Å². The van der Waals surface area contributed by atoms with Crippen molar-refractivity contribution >= 4 is 27.5 Å². The molecule has 0 spiro atoms. The third kappa shape index (κ3) is 14.8. The Morgan fingerprint density at radius 1 is 0.853 bits per heavy atom. The molecule has 8 heteroatoms. The van der Waals surface area contributed by atoms with E-state index in [0.29, 0.717) is 5.75 Å². The van der Waals surface area contributed by atoms with Crippen molar-refractivity contribution in [1.29, 1.82) is 0 Å². The Kier molecular flexibility index (Phi) is 17.9. The van der Waals surface area contributed by atoms with E-state index in [2.05, 4.69) is 23.8 Å². The van der Waals surface area contributed by atoms with Gasteiger partial charge in [-0.25, -0.2) is 13.1 Å². The van der Waals surface area contributed by atoms with Crippen LogP contribution in [-0.4, -0.2) is 31.4 Å². The molecule has 1 N–H and O–H groups in total. The van der Waals surface area contributed by atoms with E-state index in [1.807, 2.05) is 0 Å². The van der Waals surface area contributed by atoms with E-state index in [1.54, 1.807) is 11.8 Å². The van der Waals surface area contributed by atoms with Crippen LogP contribution in [0.5, 0.6) is 0 Å². The van der Waals surface area contributed by atoms with Gasteiger partial charge in [0.05, 0.1) is 4.92 Å². The summed E-state index contributed by atoms with van der Waals surface area (Å²) in [5.74, 6) is 1.67. The second kappa shape index (κ2) is 19.9. The molecule has 194 valence electrons. The number of rotatable bonds is 22. The van der Waals surface area contributed by atoms with Gasteiger partial charge >= 0.3 is 0 Å². The molecule has 0 radical (unpaired) electrons. The zero-order valence-corrected chi connectivity index (χ0v) is 22.5. The lowest BCUT2D eigenvalue weighted by atomic mass is 10.1. The van der Waals surface area contributed by atoms with Crippen molar-refractivity contribution < 1.29 is 13.3 Å². The number of thioether (sulfide) groups is 1. The first-order valence-electron chi connectivity index (χ1n) is 12.9. The highest BCUT2D eigenvalue weighted by atomic mass is 32.2. The Bertz CT molecular complexity index is 798. The SMILES string of the molecule is CCCCCCCCC=CCCCCCCCCSCCNS(=O)(=O)c1ccccc1[N+](=O)[O-]. The molecule has 34 heavy (non-hydrogen) atoms. The Morgan fingerprint density at radius 2 is 1.41 bits per heavy atom. The minimum atomic E-state index is -3.87. The van der Waals surface area contributed by atoms with Crippen molar-refractivity contribution in [3.63, 3.8) is 0 Å². The molecule has 0 bridgehead atoms. The molecule has 1 aromatic rings. The molecular formula is C26H44N2O4S2. The lowest BCUT2D eigenvalue weighted by Crippen LogP contribution is -2.26. The molecule has 0 amide bonds. The van der Waals surface area contributed by atoms with E-state index in [-0.39, 0.29) is 11.4 Å². The molecule has 0 aliphatic rings. The van der Waals surface area contributed by atoms with Crippen molar-refractivity contribution in [2.24, 2.45) is 0 Å². The fourth-order valence-electron chi connectivity index (χ4n) is 3.71. The number of sulfonamides is 1. The van der Waals surface area contributed by atoms with Gasteiger partial charge in [-0.1, -0.05) is 89.0 Å². The maximum atomic E-state index is 12.3. The van der Waals surface area contributed by atoms with Gasteiger partial charge in [-0.2, -0.15) is 11.8 Å². The Balaban J connectivity index is 1.94. The number of nitro benzene ring substituents is 1. The maximum absolute atomic E-state index is 12.3. The average molecular weight is 513 g/mol. The van der Waals surface area contributed by atoms with Crippen LogP contribution < -0.4 is 4.72 Å². The number of para-hydroxylation sites is 1. The van der Waals surface area contributed by atoms with Crippen LogP contribution in [0.2, 0.25) is 0 Å². The average Bonchev–Trinajstić information content (AvgIpc) is 2.82. The van der Waals surface area contributed by atoms with E-state index in [9.17, 15) is 18.5 Å². The molecular weight excluding hydrogens is 468 g/mol. The molecule has 0 fully saturated rings.